The van der Waals surface area contributed by atoms with Crippen LogP contribution in [0.5, 0.6) is 0 Å². The van der Waals surface area contributed by atoms with Crippen molar-refractivity contribution in [3.63, 3.8) is 0 Å². The predicted molar refractivity (Wildman–Crippen MR) is 88.5 cm³/mol. The van der Waals surface area contributed by atoms with Crippen LogP contribution in [0.3, 0.4) is 0 Å². The second-order valence-electron chi connectivity index (χ2n) is 4.99. The van der Waals surface area contributed by atoms with Gasteiger partial charge in [0.05, 0.1) is 22.5 Å². The molecule has 25 heavy (non-hydrogen) atoms. The molecule has 0 saturated heterocycles. The van der Waals surface area contributed by atoms with Crippen LogP contribution in [0.25, 0.3) is 0 Å². The zero-order chi connectivity index (χ0) is 17.7. The number of urea groups is 1. The van der Waals surface area contributed by atoms with Gasteiger partial charge < -0.3 is 15.1 Å². The SMILES string of the molecule is O=C(NCc1cnco1)Nc1ccc(S(=O)(=O)c2ccncc2)cc1. The van der Waals surface area contributed by atoms with E-state index in [9.17, 15) is 13.2 Å². The number of aromatic nitrogens is 2. The van der Waals surface area contributed by atoms with Gasteiger partial charge in [-0.15, -0.1) is 0 Å². The van der Waals surface area contributed by atoms with Crippen LogP contribution in [0.4, 0.5) is 10.5 Å². The van der Waals surface area contributed by atoms with E-state index in [2.05, 4.69) is 20.6 Å². The van der Waals surface area contributed by atoms with Crippen LogP contribution in [-0.4, -0.2) is 24.4 Å². The maximum atomic E-state index is 12.5. The molecule has 8 nitrogen and oxygen atoms in total. The number of rotatable bonds is 5. The Labute approximate surface area is 143 Å². The van der Waals surface area contributed by atoms with E-state index in [1.165, 1.54) is 61.4 Å². The van der Waals surface area contributed by atoms with E-state index in [-0.39, 0.29) is 16.3 Å². The first kappa shape index (κ1) is 16.7. The molecule has 3 aromatic rings. The first-order valence-electron chi connectivity index (χ1n) is 7.23. The molecule has 2 heterocycles. The van der Waals surface area contributed by atoms with Crippen LogP contribution >= 0.6 is 0 Å². The third-order valence-electron chi connectivity index (χ3n) is 3.29. The van der Waals surface area contributed by atoms with Crippen LogP contribution in [-0.2, 0) is 16.4 Å². The van der Waals surface area contributed by atoms with Crippen LogP contribution in [0.15, 0.2) is 75.6 Å². The highest BCUT2D eigenvalue weighted by Crippen LogP contribution is 2.21. The molecule has 3 rings (SSSR count). The third-order valence-corrected chi connectivity index (χ3v) is 5.07. The number of benzene rings is 1. The number of nitrogens with zero attached hydrogens (tertiary/aromatic N) is 2. The Morgan fingerprint density at radius 1 is 1.00 bits per heavy atom. The minimum atomic E-state index is -3.61. The Morgan fingerprint density at radius 2 is 1.68 bits per heavy atom. The van der Waals surface area contributed by atoms with E-state index in [1.54, 1.807) is 0 Å². The number of oxazole rings is 1. The van der Waals surface area contributed by atoms with Crippen molar-refractivity contribution in [1.29, 1.82) is 0 Å². The summed E-state index contributed by atoms with van der Waals surface area (Å²) in [4.78, 5) is 19.6. The first-order chi connectivity index (χ1) is 12.1. The summed E-state index contributed by atoms with van der Waals surface area (Å²) in [6, 6.07) is 8.31. The summed E-state index contributed by atoms with van der Waals surface area (Å²) in [5.74, 6) is 0.522. The molecule has 9 heteroatoms. The van der Waals surface area contributed by atoms with E-state index in [0.717, 1.165) is 0 Å². The molecule has 0 saturated carbocycles. The van der Waals surface area contributed by atoms with Gasteiger partial charge in [-0.25, -0.2) is 18.2 Å². The molecule has 2 amide bonds. The molecule has 0 atom stereocenters. The number of pyridine rings is 1. The number of amides is 2. The normalized spacial score (nSPS) is 11.0. The zero-order valence-corrected chi connectivity index (χ0v) is 13.7. The monoisotopic (exact) mass is 358 g/mol. The highest BCUT2D eigenvalue weighted by molar-refractivity contribution is 7.91. The summed E-state index contributed by atoms with van der Waals surface area (Å²) in [5, 5.41) is 5.20. The highest BCUT2D eigenvalue weighted by atomic mass is 32.2. The molecule has 0 unspecified atom stereocenters. The zero-order valence-electron chi connectivity index (χ0n) is 12.9. The number of carbonyl (C=O) groups excluding carboxylic acids is 1. The minimum Gasteiger partial charge on any atom is -0.447 e. The Morgan fingerprint density at radius 3 is 2.32 bits per heavy atom. The molecule has 0 radical (unpaired) electrons. The quantitative estimate of drug-likeness (QED) is 0.723. The summed E-state index contributed by atoms with van der Waals surface area (Å²) < 4.78 is 29.9. The van der Waals surface area contributed by atoms with Crippen LogP contribution < -0.4 is 10.6 Å². The van der Waals surface area contributed by atoms with E-state index in [4.69, 9.17) is 4.42 Å². The number of nitrogens with one attached hydrogen (secondary N) is 2. The lowest BCUT2D eigenvalue weighted by Crippen LogP contribution is -2.27. The van der Waals surface area contributed by atoms with E-state index in [0.29, 0.717) is 11.4 Å². The van der Waals surface area contributed by atoms with Gasteiger partial charge >= 0.3 is 6.03 Å². The van der Waals surface area contributed by atoms with Gasteiger partial charge in [-0.05, 0) is 36.4 Å². The number of hydrogen-bond donors (Lipinski definition) is 2. The molecule has 0 fully saturated rings. The topological polar surface area (TPSA) is 114 Å². The number of sulfone groups is 1. The Kier molecular flexibility index (Phi) is 4.75. The Hall–Kier alpha value is -3.20. The fourth-order valence-electron chi connectivity index (χ4n) is 2.04. The highest BCUT2D eigenvalue weighted by Gasteiger charge is 2.17. The van der Waals surface area contributed by atoms with Gasteiger partial charge in [0.2, 0.25) is 9.84 Å². The van der Waals surface area contributed by atoms with Crippen molar-refractivity contribution in [1.82, 2.24) is 15.3 Å². The second-order valence-corrected chi connectivity index (χ2v) is 6.94. The van der Waals surface area contributed by atoms with E-state index >= 15 is 0 Å². The maximum absolute atomic E-state index is 12.5. The van der Waals surface area contributed by atoms with E-state index < -0.39 is 15.9 Å². The predicted octanol–water partition coefficient (Wildman–Crippen LogP) is 2.22. The van der Waals surface area contributed by atoms with Gasteiger partial charge in [0, 0.05) is 18.1 Å². The minimum absolute atomic E-state index is 0.131. The smallest absolute Gasteiger partial charge is 0.319 e. The molecule has 0 spiro atoms. The molecule has 0 aliphatic carbocycles. The largest absolute Gasteiger partial charge is 0.447 e. The molecular weight excluding hydrogens is 344 g/mol. The van der Waals surface area contributed by atoms with Crippen molar-refractivity contribution in [2.24, 2.45) is 0 Å². The lowest BCUT2D eigenvalue weighted by atomic mass is 10.3. The van der Waals surface area contributed by atoms with Crippen molar-refractivity contribution < 1.29 is 17.6 Å². The maximum Gasteiger partial charge on any atom is 0.319 e. The first-order valence-corrected chi connectivity index (χ1v) is 8.71. The molecule has 1 aromatic carbocycles. The molecule has 0 aliphatic heterocycles. The van der Waals surface area contributed by atoms with Crippen LogP contribution in [0.2, 0.25) is 0 Å². The Balaban J connectivity index is 1.65. The second kappa shape index (κ2) is 7.14. The standard InChI is InChI=1S/C16H14N4O4S/c21-16(19-10-13-9-18-11-24-13)20-12-1-3-14(4-2-12)25(22,23)15-5-7-17-8-6-15/h1-9,11H,10H2,(H2,19,20,21). The molecule has 0 bridgehead atoms. The van der Waals surface area contributed by atoms with Crippen molar-refractivity contribution in [3.8, 4) is 0 Å². The van der Waals surface area contributed by atoms with Gasteiger partial charge in [-0.1, -0.05) is 0 Å². The summed E-state index contributed by atoms with van der Waals surface area (Å²) in [7, 11) is -3.61. The average Bonchev–Trinajstić information content (AvgIpc) is 3.15. The third kappa shape index (κ3) is 4.01. The summed E-state index contributed by atoms with van der Waals surface area (Å²) in [6.07, 6.45) is 5.61. The van der Waals surface area contributed by atoms with Crippen molar-refractivity contribution in [2.45, 2.75) is 16.3 Å². The van der Waals surface area contributed by atoms with Crippen LogP contribution in [0, 0.1) is 0 Å². The molecule has 128 valence electrons. The summed E-state index contributed by atoms with van der Waals surface area (Å²) in [6.45, 7) is 0.195. The summed E-state index contributed by atoms with van der Waals surface area (Å²) >= 11 is 0. The van der Waals surface area contributed by atoms with Gasteiger partial charge in [-0.3, -0.25) is 4.98 Å². The van der Waals surface area contributed by atoms with Gasteiger partial charge in [0.15, 0.2) is 6.39 Å². The number of carbonyl (C=O) groups is 1. The lowest BCUT2D eigenvalue weighted by molar-refractivity contribution is 0.251. The van der Waals surface area contributed by atoms with E-state index in [1.807, 2.05) is 0 Å². The van der Waals surface area contributed by atoms with Crippen molar-refractivity contribution in [2.75, 3.05) is 5.32 Å². The van der Waals surface area contributed by atoms with Crippen molar-refractivity contribution >= 4 is 21.6 Å². The van der Waals surface area contributed by atoms with Gasteiger partial charge in [0.1, 0.15) is 5.76 Å². The van der Waals surface area contributed by atoms with Crippen molar-refractivity contribution in [3.05, 3.63) is 67.1 Å². The molecule has 2 aromatic heterocycles. The van der Waals surface area contributed by atoms with Gasteiger partial charge in [-0.2, -0.15) is 0 Å². The molecule has 0 aliphatic rings. The van der Waals surface area contributed by atoms with Gasteiger partial charge in [0.25, 0.3) is 0 Å². The average molecular weight is 358 g/mol. The lowest BCUT2D eigenvalue weighted by Gasteiger charge is -2.08. The molecular formula is C16H14N4O4S. The fraction of sp³-hybridized carbons (Fsp3) is 0.0625. The fourth-order valence-corrected chi connectivity index (χ4v) is 3.29. The number of hydrogen-bond acceptors (Lipinski definition) is 6. The Bertz CT molecular complexity index is 940. The number of anilines is 1. The summed E-state index contributed by atoms with van der Waals surface area (Å²) in [5.41, 5.74) is 0.462. The molecule has 2 N–H and O–H groups in total. The van der Waals surface area contributed by atoms with Crippen LogP contribution in [0.1, 0.15) is 5.76 Å².